The van der Waals surface area contributed by atoms with E-state index < -0.39 is 10.0 Å². The van der Waals surface area contributed by atoms with Crippen molar-refractivity contribution in [1.29, 1.82) is 0 Å². The predicted octanol–water partition coefficient (Wildman–Crippen LogP) is 2.03. The molecule has 0 aromatic carbocycles. The standard InChI is InChI=1S/C15H18N2O4S2/c1-10-4-6-21-13(10)8-16-23(19,20)15-7-12-9-17(11(2)18)5-3-14(12)22-15/h4,6-7,16H,3,5,8-9H2,1-2H3. The fraction of sp³-hybridized carbons (Fsp3) is 0.400. The fourth-order valence-corrected chi connectivity index (χ4v) is 5.09. The Bertz CT molecular complexity index is 836. The molecule has 0 spiro atoms. The van der Waals surface area contributed by atoms with Crippen molar-refractivity contribution in [3.63, 3.8) is 0 Å². The monoisotopic (exact) mass is 354 g/mol. The molecule has 6 nitrogen and oxygen atoms in total. The summed E-state index contributed by atoms with van der Waals surface area (Å²) in [6, 6.07) is 3.47. The third-order valence-electron chi connectivity index (χ3n) is 3.95. The van der Waals surface area contributed by atoms with E-state index in [9.17, 15) is 13.2 Å². The van der Waals surface area contributed by atoms with Crippen molar-refractivity contribution >= 4 is 27.3 Å². The molecule has 0 aliphatic carbocycles. The summed E-state index contributed by atoms with van der Waals surface area (Å²) in [6.07, 6.45) is 2.24. The van der Waals surface area contributed by atoms with Gasteiger partial charge in [0, 0.05) is 24.9 Å². The summed E-state index contributed by atoms with van der Waals surface area (Å²) < 4.78 is 33.0. The lowest BCUT2D eigenvalue weighted by Crippen LogP contribution is -2.33. The summed E-state index contributed by atoms with van der Waals surface area (Å²) in [5.41, 5.74) is 1.83. The van der Waals surface area contributed by atoms with Gasteiger partial charge in [0.05, 0.1) is 12.8 Å². The maximum atomic E-state index is 12.4. The van der Waals surface area contributed by atoms with E-state index in [-0.39, 0.29) is 16.7 Å². The van der Waals surface area contributed by atoms with Crippen LogP contribution in [0.25, 0.3) is 0 Å². The number of hydrogen-bond acceptors (Lipinski definition) is 5. The van der Waals surface area contributed by atoms with Crippen LogP contribution in [0, 0.1) is 6.92 Å². The number of sulfonamides is 1. The van der Waals surface area contributed by atoms with Crippen LogP contribution in [-0.4, -0.2) is 25.8 Å². The molecule has 1 aliphatic rings. The van der Waals surface area contributed by atoms with Crippen LogP contribution in [0.15, 0.2) is 27.0 Å². The lowest BCUT2D eigenvalue weighted by Gasteiger charge is -2.25. The van der Waals surface area contributed by atoms with Gasteiger partial charge in [0.15, 0.2) is 0 Å². The molecule has 0 saturated carbocycles. The van der Waals surface area contributed by atoms with Crippen molar-refractivity contribution in [3.8, 4) is 0 Å². The maximum absolute atomic E-state index is 12.4. The molecule has 3 rings (SSSR count). The number of fused-ring (bicyclic) bond motifs is 1. The van der Waals surface area contributed by atoms with Crippen molar-refractivity contribution in [2.45, 2.75) is 37.6 Å². The minimum atomic E-state index is -3.58. The first kappa shape index (κ1) is 16.2. The summed E-state index contributed by atoms with van der Waals surface area (Å²) >= 11 is 1.28. The first-order chi connectivity index (χ1) is 10.9. The number of carbonyl (C=O) groups excluding carboxylic acids is 1. The number of nitrogens with one attached hydrogen (secondary N) is 1. The quantitative estimate of drug-likeness (QED) is 0.911. The number of carbonyl (C=O) groups is 1. The normalized spacial score (nSPS) is 14.8. The Labute approximate surface area is 139 Å². The van der Waals surface area contributed by atoms with Crippen LogP contribution in [-0.2, 0) is 34.3 Å². The number of rotatable bonds is 4. The zero-order valence-corrected chi connectivity index (χ0v) is 14.6. The Balaban J connectivity index is 1.76. The van der Waals surface area contributed by atoms with Crippen LogP contribution in [0.3, 0.4) is 0 Å². The average Bonchev–Trinajstić information content (AvgIpc) is 3.10. The third kappa shape index (κ3) is 3.34. The zero-order valence-electron chi connectivity index (χ0n) is 13.0. The van der Waals surface area contributed by atoms with Crippen LogP contribution in [0.4, 0.5) is 0 Å². The Hall–Kier alpha value is -1.64. The lowest BCUT2D eigenvalue weighted by atomic mass is 10.1. The molecule has 1 N–H and O–H groups in total. The Morgan fingerprint density at radius 2 is 2.26 bits per heavy atom. The van der Waals surface area contributed by atoms with E-state index in [4.69, 9.17) is 4.42 Å². The molecule has 124 valence electrons. The topological polar surface area (TPSA) is 79.6 Å². The number of hydrogen-bond donors (Lipinski definition) is 1. The molecule has 0 fully saturated rings. The molecule has 0 unspecified atom stereocenters. The van der Waals surface area contributed by atoms with E-state index in [2.05, 4.69) is 4.72 Å². The van der Waals surface area contributed by atoms with Gasteiger partial charge in [-0.25, -0.2) is 13.1 Å². The molecular weight excluding hydrogens is 336 g/mol. The van der Waals surface area contributed by atoms with Crippen molar-refractivity contribution < 1.29 is 17.6 Å². The first-order valence-corrected chi connectivity index (χ1v) is 9.56. The van der Waals surface area contributed by atoms with Gasteiger partial charge in [-0.3, -0.25) is 4.79 Å². The van der Waals surface area contributed by atoms with E-state index in [0.717, 1.165) is 16.0 Å². The number of amides is 1. The number of thiophene rings is 1. The number of nitrogens with zero attached hydrogens (tertiary/aromatic N) is 1. The highest BCUT2D eigenvalue weighted by molar-refractivity contribution is 7.91. The lowest BCUT2D eigenvalue weighted by molar-refractivity contribution is -0.129. The summed E-state index contributed by atoms with van der Waals surface area (Å²) in [6.45, 7) is 4.65. The Morgan fingerprint density at radius 1 is 1.48 bits per heavy atom. The second-order valence-corrected chi connectivity index (χ2v) is 8.69. The van der Waals surface area contributed by atoms with Crippen LogP contribution < -0.4 is 4.72 Å². The molecular formula is C15H18N2O4S2. The van der Waals surface area contributed by atoms with Gasteiger partial charge in [-0.1, -0.05) is 0 Å². The Kier molecular flexibility index (Phi) is 4.31. The average molecular weight is 354 g/mol. The first-order valence-electron chi connectivity index (χ1n) is 7.26. The van der Waals surface area contributed by atoms with Gasteiger partial charge in [-0.15, -0.1) is 11.3 Å². The molecule has 0 bridgehead atoms. The molecule has 2 aromatic rings. The van der Waals surface area contributed by atoms with E-state index in [0.29, 0.717) is 25.3 Å². The highest BCUT2D eigenvalue weighted by atomic mass is 32.2. The van der Waals surface area contributed by atoms with Gasteiger partial charge in [0.1, 0.15) is 9.97 Å². The van der Waals surface area contributed by atoms with Crippen molar-refractivity contribution in [1.82, 2.24) is 9.62 Å². The third-order valence-corrected chi connectivity index (χ3v) is 7.06. The predicted molar refractivity (Wildman–Crippen MR) is 86.6 cm³/mol. The summed E-state index contributed by atoms with van der Waals surface area (Å²) in [7, 11) is -3.58. The maximum Gasteiger partial charge on any atom is 0.250 e. The van der Waals surface area contributed by atoms with Crippen molar-refractivity contribution in [2.24, 2.45) is 0 Å². The molecule has 0 radical (unpaired) electrons. The van der Waals surface area contributed by atoms with Crippen LogP contribution >= 0.6 is 11.3 Å². The minimum absolute atomic E-state index is 0.0117. The van der Waals surface area contributed by atoms with E-state index in [1.54, 1.807) is 23.3 Å². The van der Waals surface area contributed by atoms with Gasteiger partial charge in [0.25, 0.3) is 0 Å². The van der Waals surface area contributed by atoms with Gasteiger partial charge in [0.2, 0.25) is 15.9 Å². The summed E-state index contributed by atoms with van der Waals surface area (Å²) in [5, 5.41) is 0. The molecule has 0 saturated heterocycles. The molecule has 8 heteroatoms. The smallest absolute Gasteiger partial charge is 0.250 e. The summed E-state index contributed by atoms with van der Waals surface area (Å²) in [4.78, 5) is 14.2. The minimum Gasteiger partial charge on any atom is -0.468 e. The zero-order chi connectivity index (χ0) is 16.6. The second kappa shape index (κ2) is 6.10. The molecule has 3 heterocycles. The van der Waals surface area contributed by atoms with Crippen molar-refractivity contribution in [2.75, 3.05) is 6.54 Å². The molecule has 23 heavy (non-hydrogen) atoms. The highest BCUT2D eigenvalue weighted by Gasteiger charge is 2.25. The van der Waals surface area contributed by atoms with Crippen LogP contribution in [0.2, 0.25) is 0 Å². The molecule has 1 amide bonds. The van der Waals surface area contributed by atoms with E-state index >= 15 is 0 Å². The second-order valence-electron chi connectivity index (χ2n) is 5.56. The molecule has 0 atom stereocenters. The SMILES string of the molecule is CC(=O)N1CCc2sc(S(=O)(=O)NCc3occc3C)cc2C1. The van der Waals surface area contributed by atoms with Crippen molar-refractivity contribution in [3.05, 3.63) is 40.2 Å². The highest BCUT2D eigenvalue weighted by Crippen LogP contribution is 2.31. The fourth-order valence-electron chi connectivity index (χ4n) is 2.52. The Morgan fingerprint density at radius 3 is 2.91 bits per heavy atom. The van der Waals surface area contributed by atoms with E-state index in [1.165, 1.54) is 18.3 Å². The number of aryl methyl sites for hydroxylation is 1. The molecule has 2 aromatic heterocycles. The number of furan rings is 1. The van der Waals surface area contributed by atoms with Gasteiger partial charge in [-0.2, -0.15) is 0 Å². The van der Waals surface area contributed by atoms with Gasteiger partial charge < -0.3 is 9.32 Å². The van der Waals surface area contributed by atoms with Crippen LogP contribution in [0.1, 0.15) is 28.7 Å². The van der Waals surface area contributed by atoms with Gasteiger partial charge in [-0.05, 0) is 36.6 Å². The summed E-state index contributed by atoms with van der Waals surface area (Å²) in [5.74, 6) is 0.621. The molecule has 1 aliphatic heterocycles. The van der Waals surface area contributed by atoms with E-state index in [1.807, 2.05) is 6.92 Å². The van der Waals surface area contributed by atoms with Gasteiger partial charge >= 0.3 is 0 Å². The largest absolute Gasteiger partial charge is 0.468 e. The van der Waals surface area contributed by atoms with Crippen LogP contribution in [0.5, 0.6) is 0 Å².